The Morgan fingerprint density at radius 2 is 2.18 bits per heavy atom. The van der Waals surface area contributed by atoms with Crippen molar-refractivity contribution in [2.45, 2.75) is 25.5 Å². The average molecular weight is 257 g/mol. The van der Waals surface area contributed by atoms with Crippen molar-refractivity contribution in [3.05, 3.63) is 35.9 Å². The molecule has 1 saturated heterocycles. The minimum absolute atomic E-state index is 0. The average Bonchev–Trinajstić information content (AvgIpc) is 2.84. The van der Waals surface area contributed by atoms with Crippen molar-refractivity contribution < 1.29 is 9.63 Å². The van der Waals surface area contributed by atoms with Crippen LogP contribution in [0.15, 0.2) is 30.3 Å². The van der Waals surface area contributed by atoms with E-state index in [9.17, 15) is 4.79 Å². The predicted octanol–water partition coefficient (Wildman–Crippen LogP) is 1.41. The molecule has 1 amide bonds. The van der Waals surface area contributed by atoms with Crippen molar-refractivity contribution in [1.82, 2.24) is 10.8 Å². The lowest BCUT2D eigenvalue weighted by molar-refractivity contribution is -0.136. The van der Waals surface area contributed by atoms with E-state index in [1.165, 1.54) is 0 Å². The zero-order valence-corrected chi connectivity index (χ0v) is 10.3. The number of hydrogen-bond acceptors (Lipinski definition) is 3. The van der Waals surface area contributed by atoms with Crippen molar-refractivity contribution >= 4 is 18.3 Å². The van der Waals surface area contributed by atoms with Crippen LogP contribution in [-0.4, -0.2) is 18.5 Å². The van der Waals surface area contributed by atoms with Crippen LogP contribution in [0.4, 0.5) is 0 Å². The van der Waals surface area contributed by atoms with E-state index in [0.29, 0.717) is 6.61 Å². The molecule has 2 rings (SSSR count). The number of carbonyl (C=O) groups excluding carboxylic acids is 1. The SMILES string of the molecule is Cl.O=C(NOCc1ccccc1)C1CCCN1. The molecule has 1 fully saturated rings. The lowest BCUT2D eigenvalue weighted by atomic mass is 10.2. The van der Waals surface area contributed by atoms with Crippen molar-refractivity contribution in [3.8, 4) is 0 Å². The lowest BCUT2D eigenvalue weighted by Gasteiger charge is -2.10. The largest absolute Gasteiger partial charge is 0.306 e. The van der Waals surface area contributed by atoms with Gasteiger partial charge < -0.3 is 5.32 Å². The fourth-order valence-electron chi connectivity index (χ4n) is 1.74. The highest BCUT2D eigenvalue weighted by Gasteiger charge is 2.21. The fourth-order valence-corrected chi connectivity index (χ4v) is 1.74. The molecule has 1 aliphatic rings. The summed E-state index contributed by atoms with van der Waals surface area (Å²) in [6.07, 6.45) is 1.94. The lowest BCUT2D eigenvalue weighted by Crippen LogP contribution is -2.40. The second-order valence-corrected chi connectivity index (χ2v) is 3.89. The van der Waals surface area contributed by atoms with E-state index < -0.39 is 0 Å². The van der Waals surface area contributed by atoms with Crippen LogP contribution in [0.5, 0.6) is 0 Å². The molecule has 17 heavy (non-hydrogen) atoms. The standard InChI is InChI=1S/C12H16N2O2.ClH/c15-12(11-7-4-8-13-11)14-16-9-10-5-2-1-3-6-10;/h1-3,5-6,11,13H,4,7-9H2,(H,14,15);1H. The Balaban J connectivity index is 0.00000144. The smallest absolute Gasteiger partial charge is 0.260 e. The number of halogens is 1. The van der Waals surface area contributed by atoms with Crippen LogP contribution in [0.3, 0.4) is 0 Å². The van der Waals surface area contributed by atoms with Crippen molar-refractivity contribution in [2.24, 2.45) is 0 Å². The van der Waals surface area contributed by atoms with E-state index in [2.05, 4.69) is 10.8 Å². The molecule has 1 aromatic rings. The molecule has 0 bridgehead atoms. The molecule has 2 N–H and O–H groups in total. The molecule has 0 radical (unpaired) electrons. The normalized spacial score (nSPS) is 18.5. The Morgan fingerprint density at radius 1 is 1.41 bits per heavy atom. The van der Waals surface area contributed by atoms with E-state index >= 15 is 0 Å². The zero-order valence-electron chi connectivity index (χ0n) is 9.52. The fraction of sp³-hybridized carbons (Fsp3) is 0.417. The topological polar surface area (TPSA) is 50.4 Å². The van der Waals surface area contributed by atoms with Crippen molar-refractivity contribution in [2.75, 3.05) is 6.54 Å². The van der Waals surface area contributed by atoms with Gasteiger partial charge in [-0.3, -0.25) is 9.63 Å². The zero-order chi connectivity index (χ0) is 11.2. The molecule has 0 aromatic heterocycles. The van der Waals surface area contributed by atoms with Gasteiger partial charge in [0.15, 0.2) is 0 Å². The molecule has 5 heteroatoms. The highest BCUT2D eigenvalue weighted by Crippen LogP contribution is 2.05. The van der Waals surface area contributed by atoms with E-state index in [-0.39, 0.29) is 24.4 Å². The second kappa shape index (κ2) is 7.27. The first kappa shape index (κ1) is 14.0. The summed E-state index contributed by atoms with van der Waals surface area (Å²) in [5.41, 5.74) is 3.52. The van der Waals surface area contributed by atoms with Gasteiger partial charge in [0.05, 0.1) is 12.6 Å². The van der Waals surface area contributed by atoms with E-state index in [1.54, 1.807) is 0 Å². The first-order valence-corrected chi connectivity index (χ1v) is 5.55. The van der Waals surface area contributed by atoms with Crippen LogP contribution in [-0.2, 0) is 16.2 Å². The number of carbonyl (C=O) groups is 1. The number of rotatable bonds is 4. The summed E-state index contributed by atoms with van der Waals surface area (Å²) in [6, 6.07) is 9.67. The van der Waals surface area contributed by atoms with E-state index in [0.717, 1.165) is 24.9 Å². The van der Waals surface area contributed by atoms with Gasteiger partial charge in [0, 0.05) is 0 Å². The third-order valence-electron chi connectivity index (χ3n) is 2.63. The molecule has 1 aromatic carbocycles. The maximum absolute atomic E-state index is 11.5. The molecule has 1 atom stereocenters. The first-order valence-electron chi connectivity index (χ1n) is 5.55. The summed E-state index contributed by atoms with van der Waals surface area (Å²) in [5, 5.41) is 3.11. The molecule has 94 valence electrons. The second-order valence-electron chi connectivity index (χ2n) is 3.89. The Hall–Kier alpha value is -1.10. The quantitative estimate of drug-likeness (QED) is 0.801. The highest BCUT2D eigenvalue weighted by atomic mass is 35.5. The maximum Gasteiger partial charge on any atom is 0.260 e. The van der Waals surface area contributed by atoms with Crippen LogP contribution in [0.2, 0.25) is 0 Å². The summed E-state index contributed by atoms with van der Waals surface area (Å²) in [6.45, 7) is 1.32. The summed E-state index contributed by atoms with van der Waals surface area (Å²) in [5.74, 6) is -0.0755. The number of hydroxylamine groups is 1. The number of amides is 1. The molecular formula is C12H17ClN2O2. The monoisotopic (exact) mass is 256 g/mol. The Labute approximate surface area is 107 Å². The molecule has 1 unspecified atom stereocenters. The van der Waals surface area contributed by atoms with Gasteiger partial charge in [-0.05, 0) is 24.9 Å². The van der Waals surface area contributed by atoms with Crippen LogP contribution < -0.4 is 10.8 Å². The first-order chi connectivity index (χ1) is 7.86. The van der Waals surface area contributed by atoms with Crippen LogP contribution in [0.25, 0.3) is 0 Å². The van der Waals surface area contributed by atoms with Gasteiger partial charge in [0.1, 0.15) is 0 Å². The molecule has 1 heterocycles. The Kier molecular flexibility index (Phi) is 5.97. The molecule has 1 aliphatic heterocycles. The summed E-state index contributed by atoms with van der Waals surface area (Å²) >= 11 is 0. The van der Waals surface area contributed by atoms with Crippen molar-refractivity contribution in [3.63, 3.8) is 0 Å². The minimum atomic E-state index is -0.0872. The molecule has 0 aliphatic carbocycles. The van der Waals surface area contributed by atoms with Crippen LogP contribution in [0.1, 0.15) is 18.4 Å². The predicted molar refractivity (Wildman–Crippen MR) is 67.6 cm³/mol. The van der Waals surface area contributed by atoms with E-state index in [4.69, 9.17) is 4.84 Å². The Bertz CT molecular complexity index is 340. The van der Waals surface area contributed by atoms with Gasteiger partial charge in [-0.15, -0.1) is 12.4 Å². The highest BCUT2D eigenvalue weighted by molar-refractivity contribution is 5.85. The van der Waals surface area contributed by atoms with Gasteiger partial charge in [-0.2, -0.15) is 0 Å². The van der Waals surface area contributed by atoms with Gasteiger partial charge in [0.2, 0.25) is 0 Å². The summed E-state index contributed by atoms with van der Waals surface area (Å²) in [4.78, 5) is 16.7. The Morgan fingerprint density at radius 3 is 2.82 bits per heavy atom. The minimum Gasteiger partial charge on any atom is -0.306 e. The number of benzene rings is 1. The van der Waals surface area contributed by atoms with Gasteiger partial charge in [0.25, 0.3) is 5.91 Å². The molecular weight excluding hydrogens is 240 g/mol. The van der Waals surface area contributed by atoms with Crippen LogP contribution in [0, 0.1) is 0 Å². The molecule has 0 saturated carbocycles. The van der Waals surface area contributed by atoms with Crippen molar-refractivity contribution in [1.29, 1.82) is 0 Å². The third kappa shape index (κ3) is 4.34. The molecule has 0 spiro atoms. The summed E-state index contributed by atoms with van der Waals surface area (Å²) in [7, 11) is 0. The number of hydrogen-bond donors (Lipinski definition) is 2. The summed E-state index contributed by atoms with van der Waals surface area (Å²) < 4.78 is 0. The van der Waals surface area contributed by atoms with Gasteiger partial charge in [-0.1, -0.05) is 30.3 Å². The van der Waals surface area contributed by atoms with Crippen LogP contribution >= 0.6 is 12.4 Å². The molecule has 4 nitrogen and oxygen atoms in total. The maximum atomic E-state index is 11.5. The number of nitrogens with one attached hydrogen (secondary N) is 2. The van der Waals surface area contributed by atoms with E-state index in [1.807, 2.05) is 30.3 Å². The van der Waals surface area contributed by atoms with Gasteiger partial charge in [-0.25, -0.2) is 5.48 Å². The van der Waals surface area contributed by atoms with Gasteiger partial charge >= 0.3 is 0 Å². The third-order valence-corrected chi connectivity index (χ3v) is 2.63.